The second-order valence-electron chi connectivity index (χ2n) is 3.47. The number of aryl methyl sites for hydroxylation is 1. The van der Waals surface area contributed by atoms with E-state index in [-0.39, 0.29) is 22.0 Å². The minimum Gasteiger partial charge on any atom is -0.424 e. The molecular formula is C12H7BrFN3O. The quantitative estimate of drug-likeness (QED) is 0.853. The van der Waals surface area contributed by atoms with Crippen LogP contribution in [0.5, 0.6) is 11.8 Å². The standard InChI is InChI=1S/C12H7BrFN3O/c1-7-4-8(6-15)17-12(16-7)18-9-2-3-11(14)10(13)5-9/h2-5H,1H3. The van der Waals surface area contributed by atoms with Crippen molar-refractivity contribution < 1.29 is 9.13 Å². The van der Waals surface area contributed by atoms with Gasteiger partial charge in [0.1, 0.15) is 23.3 Å². The molecule has 0 radical (unpaired) electrons. The van der Waals surface area contributed by atoms with Crippen LogP contribution in [0, 0.1) is 24.1 Å². The van der Waals surface area contributed by atoms with Crippen LogP contribution in [0.4, 0.5) is 4.39 Å². The van der Waals surface area contributed by atoms with Gasteiger partial charge in [0.25, 0.3) is 0 Å². The maximum Gasteiger partial charge on any atom is 0.323 e. The Labute approximate surface area is 111 Å². The lowest BCUT2D eigenvalue weighted by Crippen LogP contribution is -1.96. The molecule has 2 aromatic rings. The highest BCUT2D eigenvalue weighted by Crippen LogP contribution is 2.24. The number of hydrogen-bond acceptors (Lipinski definition) is 4. The van der Waals surface area contributed by atoms with Crippen LogP contribution >= 0.6 is 15.9 Å². The van der Waals surface area contributed by atoms with E-state index in [2.05, 4.69) is 25.9 Å². The van der Waals surface area contributed by atoms with Gasteiger partial charge in [-0.2, -0.15) is 10.2 Å². The molecule has 1 heterocycles. The van der Waals surface area contributed by atoms with E-state index in [0.717, 1.165) is 0 Å². The molecule has 0 bridgehead atoms. The van der Waals surface area contributed by atoms with Gasteiger partial charge >= 0.3 is 6.01 Å². The molecule has 2 rings (SSSR count). The van der Waals surface area contributed by atoms with Gasteiger partial charge in [-0.1, -0.05) is 0 Å². The predicted octanol–water partition coefficient (Wildman–Crippen LogP) is 3.35. The second-order valence-corrected chi connectivity index (χ2v) is 4.32. The summed E-state index contributed by atoms with van der Waals surface area (Å²) in [5, 5.41) is 8.78. The number of nitriles is 1. The minimum absolute atomic E-state index is 0.0602. The Morgan fingerprint density at radius 1 is 1.33 bits per heavy atom. The van der Waals surface area contributed by atoms with Gasteiger partial charge in [-0.25, -0.2) is 9.37 Å². The number of aromatic nitrogens is 2. The molecule has 0 amide bonds. The molecule has 0 N–H and O–H groups in total. The van der Waals surface area contributed by atoms with Crippen LogP contribution in [-0.4, -0.2) is 9.97 Å². The van der Waals surface area contributed by atoms with Gasteiger partial charge in [0.05, 0.1) is 4.47 Å². The van der Waals surface area contributed by atoms with Crippen molar-refractivity contribution in [3.63, 3.8) is 0 Å². The second kappa shape index (κ2) is 5.10. The van der Waals surface area contributed by atoms with Crippen molar-refractivity contribution in [2.75, 3.05) is 0 Å². The van der Waals surface area contributed by atoms with Crippen LogP contribution in [0.2, 0.25) is 0 Å². The van der Waals surface area contributed by atoms with Crippen molar-refractivity contribution in [3.8, 4) is 17.8 Å². The predicted molar refractivity (Wildman–Crippen MR) is 65.7 cm³/mol. The number of nitrogens with zero attached hydrogens (tertiary/aromatic N) is 3. The number of rotatable bonds is 2. The largest absolute Gasteiger partial charge is 0.424 e. The third kappa shape index (κ3) is 2.81. The van der Waals surface area contributed by atoms with Crippen molar-refractivity contribution in [2.24, 2.45) is 0 Å². The van der Waals surface area contributed by atoms with E-state index in [0.29, 0.717) is 11.4 Å². The molecule has 0 aliphatic rings. The van der Waals surface area contributed by atoms with Crippen LogP contribution < -0.4 is 4.74 Å². The fourth-order valence-electron chi connectivity index (χ4n) is 1.29. The first-order valence-corrected chi connectivity index (χ1v) is 5.76. The zero-order valence-corrected chi connectivity index (χ0v) is 10.9. The highest BCUT2D eigenvalue weighted by atomic mass is 79.9. The summed E-state index contributed by atoms with van der Waals surface area (Å²) in [7, 11) is 0. The highest BCUT2D eigenvalue weighted by Gasteiger charge is 2.06. The molecule has 0 aliphatic heterocycles. The Morgan fingerprint density at radius 2 is 2.11 bits per heavy atom. The number of hydrogen-bond donors (Lipinski definition) is 0. The van der Waals surface area contributed by atoms with Crippen LogP contribution in [0.1, 0.15) is 11.4 Å². The highest BCUT2D eigenvalue weighted by molar-refractivity contribution is 9.10. The summed E-state index contributed by atoms with van der Waals surface area (Å²) in [6, 6.07) is 7.71. The summed E-state index contributed by atoms with van der Waals surface area (Å²) >= 11 is 3.05. The van der Waals surface area contributed by atoms with Gasteiger partial charge in [-0.15, -0.1) is 0 Å². The molecule has 0 unspecified atom stereocenters. The first kappa shape index (κ1) is 12.5. The molecular weight excluding hydrogens is 301 g/mol. The van der Waals surface area contributed by atoms with E-state index in [1.165, 1.54) is 18.2 Å². The monoisotopic (exact) mass is 307 g/mol. The van der Waals surface area contributed by atoms with E-state index >= 15 is 0 Å². The molecule has 0 aliphatic carbocycles. The third-order valence-corrected chi connectivity index (χ3v) is 2.66. The van der Waals surface area contributed by atoms with E-state index in [1.54, 1.807) is 13.0 Å². The molecule has 0 spiro atoms. The number of benzene rings is 1. The zero-order chi connectivity index (χ0) is 13.1. The SMILES string of the molecule is Cc1cc(C#N)nc(Oc2ccc(F)c(Br)c2)n1. The van der Waals surface area contributed by atoms with Crippen molar-refractivity contribution in [2.45, 2.75) is 6.92 Å². The summed E-state index contributed by atoms with van der Waals surface area (Å²) in [4.78, 5) is 7.93. The Hall–Kier alpha value is -2.00. The Kier molecular flexibility index (Phi) is 3.53. The minimum atomic E-state index is -0.384. The van der Waals surface area contributed by atoms with Crippen LogP contribution in [0.25, 0.3) is 0 Å². The molecule has 0 fully saturated rings. The van der Waals surface area contributed by atoms with Gasteiger partial charge in [0, 0.05) is 5.69 Å². The normalized spacial score (nSPS) is 9.89. The molecule has 0 saturated heterocycles. The van der Waals surface area contributed by atoms with Crippen molar-refractivity contribution >= 4 is 15.9 Å². The molecule has 0 atom stereocenters. The first-order chi connectivity index (χ1) is 8.58. The van der Waals surface area contributed by atoms with Gasteiger partial charge in [-0.3, -0.25) is 0 Å². The third-order valence-electron chi connectivity index (χ3n) is 2.05. The Balaban J connectivity index is 2.31. The lowest BCUT2D eigenvalue weighted by molar-refractivity contribution is 0.438. The zero-order valence-electron chi connectivity index (χ0n) is 9.32. The van der Waals surface area contributed by atoms with Crippen LogP contribution in [0.15, 0.2) is 28.7 Å². The fourth-order valence-corrected chi connectivity index (χ4v) is 1.65. The van der Waals surface area contributed by atoms with Gasteiger partial charge in [0.15, 0.2) is 0 Å². The summed E-state index contributed by atoms with van der Waals surface area (Å²) in [5.41, 5.74) is 0.844. The molecule has 18 heavy (non-hydrogen) atoms. The fraction of sp³-hybridized carbons (Fsp3) is 0.0833. The maximum absolute atomic E-state index is 13.0. The van der Waals surface area contributed by atoms with E-state index < -0.39 is 0 Å². The molecule has 1 aromatic carbocycles. The first-order valence-electron chi connectivity index (χ1n) is 4.97. The Morgan fingerprint density at radius 3 is 2.78 bits per heavy atom. The number of ether oxygens (including phenoxy) is 1. The molecule has 4 nitrogen and oxygen atoms in total. The van der Waals surface area contributed by atoms with Gasteiger partial charge in [0.2, 0.25) is 0 Å². The lowest BCUT2D eigenvalue weighted by Gasteiger charge is -2.05. The van der Waals surface area contributed by atoms with Crippen molar-refractivity contribution in [1.82, 2.24) is 9.97 Å². The smallest absolute Gasteiger partial charge is 0.323 e. The van der Waals surface area contributed by atoms with Crippen LogP contribution in [0.3, 0.4) is 0 Å². The molecule has 6 heteroatoms. The van der Waals surface area contributed by atoms with E-state index in [4.69, 9.17) is 10.00 Å². The summed E-state index contributed by atoms with van der Waals surface area (Å²) in [6.07, 6.45) is 0. The topological polar surface area (TPSA) is 58.8 Å². The summed E-state index contributed by atoms with van der Waals surface area (Å²) < 4.78 is 18.7. The van der Waals surface area contributed by atoms with Crippen molar-refractivity contribution in [3.05, 3.63) is 45.9 Å². The van der Waals surface area contributed by atoms with Gasteiger partial charge in [-0.05, 0) is 47.1 Å². The molecule has 1 aromatic heterocycles. The maximum atomic E-state index is 13.0. The summed E-state index contributed by atoms with van der Waals surface area (Å²) in [5.74, 6) is 0.00277. The molecule has 90 valence electrons. The summed E-state index contributed by atoms with van der Waals surface area (Å²) in [6.45, 7) is 1.73. The number of halogens is 2. The van der Waals surface area contributed by atoms with E-state index in [1.807, 2.05) is 6.07 Å². The Bertz CT molecular complexity index is 640. The lowest BCUT2D eigenvalue weighted by atomic mass is 10.3. The van der Waals surface area contributed by atoms with Gasteiger partial charge < -0.3 is 4.74 Å². The van der Waals surface area contributed by atoms with Crippen LogP contribution in [-0.2, 0) is 0 Å². The van der Waals surface area contributed by atoms with Crippen molar-refractivity contribution in [1.29, 1.82) is 5.26 Å². The average Bonchev–Trinajstić information content (AvgIpc) is 2.33. The molecule has 0 saturated carbocycles. The average molecular weight is 308 g/mol. The van der Waals surface area contributed by atoms with E-state index in [9.17, 15) is 4.39 Å².